The van der Waals surface area contributed by atoms with E-state index in [1.165, 1.54) is 6.07 Å². The van der Waals surface area contributed by atoms with Gasteiger partial charge in [-0.2, -0.15) is 5.10 Å². The van der Waals surface area contributed by atoms with Crippen molar-refractivity contribution in [3.05, 3.63) is 47.2 Å². The number of carbonyl (C=O) groups is 1. The van der Waals surface area contributed by atoms with Crippen LogP contribution in [0.5, 0.6) is 0 Å². The third-order valence-corrected chi connectivity index (χ3v) is 3.68. The molecule has 0 spiro atoms. The molecule has 0 unspecified atom stereocenters. The largest absolute Gasteiger partial charge is 0.311 e. The molecule has 1 aromatic heterocycles. The Labute approximate surface area is 120 Å². The zero-order valence-corrected chi connectivity index (χ0v) is 11.7. The summed E-state index contributed by atoms with van der Waals surface area (Å²) >= 11 is 0. The fraction of sp³-hybridized carbons (Fsp3) is 0.333. The van der Waals surface area contributed by atoms with Crippen LogP contribution in [0.3, 0.4) is 0 Å². The van der Waals surface area contributed by atoms with Crippen LogP contribution < -0.4 is 5.32 Å². The molecule has 1 amide bonds. The highest BCUT2D eigenvalue weighted by Crippen LogP contribution is 2.38. The summed E-state index contributed by atoms with van der Waals surface area (Å²) < 4.78 is 28.2. The minimum atomic E-state index is -0.906. The van der Waals surface area contributed by atoms with E-state index < -0.39 is 11.6 Å². The number of benzene rings is 1. The number of hydrogen-bond acceptors (Lipinski definition) is 2. The van der Waals surface area contributed by atoms with Crippen molar-refractivity contribution >= 4 is 11.7 Å². The molecule has 0 saturated carbocycles. The maximum Gasteiger partial charge on any atom is 0.226 e. The Morgan fingerprint density at radius 1 is 1.33 bits per heavy atom. The van der Waals surface area contributed by atoms with E-state index in [4.69, 9.17) is 0 Å². The van der Waals surface area contributed by atoms with Crippen molar-refractivity contribution < 1.29 is 13.6 Å². The van der Waals surface area contributed by atoms with E-state index in [0.717, 1.165) is 17.7 Å². The van der Waals surface area contributed by atoms with Gasteiger partial charge in [-0.05, 0) is 31.5 Å². The van der Waals surface area contributed by atoms with Gasteiger partial charge in [-0.15, -0.1) is 0 Å². The van der Waals surface area contributed by atoms with E-state index in [1.54, 1.807) is 10.9 Å². The van der Waals surface area contributed by atoms with E-state index in [2.05, 4.69) is 10.4 Å². The van der Waals surface area contributed by atoms with Crippen molar-refractivity contribution in [1.82, 2.24) is 9.78 Å². The smallest absolute Gasteiger partial charge is 0.226 e. The zero-order chi connectivity index (χ0) is 15.1. The van der Waals surface area contributed by atoms with Gasteiger partial charge < -0.3 is 5.32 Å². The molecular formula is C15H15F2N3O. The molecule has 6 heteroatoms. The van der Waals surface area contributed by atoms with Gasteiger partial charge in [0.25, 0.3) is 0 Å². The summed E-state index contributed by atoms with van der Waals surface area (Å²) in [5, 5.41) is 7.09. The van der Waals surface area contributed by atoms with Crippen LogP contribution in [0.4, 0.5) is 14.6 Å². The normalized spacial score (nSPS) is 17.8. The fourth-order valence-electron chi connectivity index (χ4n) is 2.66. The predicted octanol–water partition coefficient (Wildman–Crippen LogP) is 3.22. The first-order valence-corrected chi connectivity index (χ1v) is 6.79. The van der Waals surface area contributed by atoms with Gasteiger partial charge in [0.2, 0.25) is 5.91 Å². The highest BCUT2D eigenvalue weighted by molar-refractivity contribution is 5.94. The average Bonchev–Trinajstić information content (AvgIpc) is 2.84. The number of nitrogens with one attached hydrogen (secondary N) is 1. The Morgan fingerprint density at radius 2 is 2.10 bits per heavy atom. The van der Waals surface area contributed by atoms with Crippen molar-refractivity contribution in [3.8, 4) is 0 Å². The highest BCUT2D eigenvalue weighted by Gasteiger charge is 2.30. The topological polar surface area (TPSA) is 46.9 Å². The third kappa shape index (κ3) is 2.30. The zero-order valence-electron chi connectivity index (χ0n) is 11.7. The number of anilines is 1. The Bertz CT molecular complexity index is 709. The van der Waals surface area contributed by atoms with Gasteiger partial charge in [0.15, 0.2) is 11.6 Å². The van der Waals surface area contributed by atoms with Crippen LogP contribution in [0.1, 0.15) is 43.4 Å². The molecule has 0 radical (unpaired) electrons. The molecule has 3 rings (SSSR count). The molecule has 21 heavy (non-hydrogen) atoms. The molecule has 110 valence electrons. The summed E-state index contributed by atoms with van der Waals surface area (Å²) in [5.41, 5.74) is 1.41. The van der Waals surface area contributed by atoms with Gasteiger partial charge in [-0.25, -0.2) is 13.5 Å². The molecular weight excluding hydrogens is 276 g/mol. The average molecular weight is 291 g/mol. The summed E-state index contributed by atoms with van der Waals surface area (Å²) in [6, 6.07) is 3.84. The van der Waals surface area contributed by atoms with Crippen molar-refractivity contribution in [2.24, 2.45) is 0 Å². The number of amides is 1. The second-order valence-electron chi connectivity index (χ2n) is 5.47. The first-order chi connectivity index (χ1) is 9.97. The number of nitrogens with zero attached hydrogens (tertiary/aromatic N) is 2. The lowest BCUT2D eigenvalue weighted by Crippen LogP contribution is -2.25. The maximum atomic E-state index is 13.4. The molecule has 0 aliphatic carbocycles. The third-order valence-electron chi connectivity index (χ3n) is 3.68. The standard InChI is InChI=1S/C15H15F2N3O/c1-8(2)20-15-11(7-18-20)10(6-14(21)19-15)9-3-4-12(16)13(17)5-9/h3-5,7-8,10H,6H2,1-2H3,(H,19,21)/t10-/m0/s1. The van der Waals surface area contributed by atoms with Crippen molar-refractivity contribution in [2.75, 3.05) is 5.32 Å². The van der Waals surface area contributed by atoms with Crippen LogP contribution in [0, 0.1) is 11.6 Å². The Morgan fingerprint density at radius 3 is 2.76 bits per heavy atom. The first kappa shape index (κ1) is 13.7. The van der Waals surface area contributed by atoms with E-state index in [-0.39, 0.29) is 24.3 Å². The van der Waals surface area contributed by atoms with Gasteiger partial charge >= 0.3 is 0 Å². The molecule has 2 heterocycles. The number of halogens is 2. The summed E-state index contributed by atoms with van der Waals surface area (Å²) in [4.78, 5) is 11.9. The Kier molecular flexibility index (Phi) is 3.23. The minimum absolute atomic E-state index is 0.0951. The summed E-state index contributed by atoms with van der Waals surface area (Å²) in [7, 11) is 0. The van der Waals surface area contributed by atoms with Crippen molar-refractivity contribution in [1.29, 1.82) is 0 Å². The first-order valence-electron chi connectivity index (χ1n) is 6.79. The lowest BCUT2D eigenvalue weighted by Gasteiger charge is -2.24. The number of rotatable bonds is 2. The van der Waals surface area contributed by atoms with E-state index in [1.807, 2.05) is 13.8 Å². The van der Waals surface area contributed by atoms with E-state index in [9.17, 15) is 13.6 Å². The van der Waals surface area contributed by atoms with Crippen LogP contribution >= 0.6 is 0 Å². The second kappa shape index (κ2) is 4.95. The van der Waals surface area contributed by atoms with Gasteiger partial charge in [-0.3, -0.25) is 4.79 Å². The highest BCUT2D eigenvalue weighted by atomic mass is 19.2. The molecule has 0 bridgehead atoms. The van der Waals surface area contributed by atoms with Crippen LogP contribution in [0.25, 0.3) is 0 Å². The quantitative estimate of drug-likeness (QED) is 0.923. The van der Waals surface area contributed by atoms with Gasteiger partial charge in [0.1, 0.15) is 5.82 Å². The molecule has 1 aliphatic rings. The van der Waals surface area contributed by atoms with Crippen molar-refractivity contribution in [2.45, 2.75) is 32.2 Å². The molecule has 1 N–H and O–H groups in total. The number of aromatic nitrogens is 2. The SMILES string of the molecule is CC(C)n1ncc2c1NC(=O)C[C@H]2c1ccc(F)c(F)c1. The lowest BCUT2D eigenvalue weighted by atomic mass is 9.87. The predicted molar refractivity (Wildman–Crippen MR) is 74.1 cm³/mol. The second-order valence-corrected chi connectivity index (χ2v) is 5.47. The summed E-state index contributed by atoms with van der Waals surface area (Å²) in [6.45, 7) is 3.92. The molecule has 1 atom stereocenters. The number of carbonyl (C=O) groups excluding carboxylic acids is 1. The van der Waals surface area contributed by atoms with Gasteiger partial charge in [0, 0.05) is 23.9 Å². The van der Waals surface area contributed by atoms with E-state index >= 15 is 0 Å². The van der Waals surface area contributed by atoms with Gasteiger partial charge in [0.05, 0.1) is 6.20 Å². The lowest BCUT2D eigenvalue weighted by molar-refractivity contribution is -0.116. The van der Waals surface area contributed by atoms with Crippen molar-refractivity contribution in [3.63, 3.8) is 0 Å². The number of fused-ring (bicyclic) bond motifs is 1. The molecule has 0 fully saturated rings. The van der Waals surface area contributed by atoms with Crippen LogP contribution in [0.2, 0.25) is 0 Å². The molecule has 2 aromatic rings. The number of hydrogen-bond donors (Lipinski definition) is 1. The van der Waals surface area contributed by atoms with Crippen LogP contribution in [0.15, 0.2) is 24.4 Å². The monoisotopic (exact) mass is 291 g/mol. The van der Waals surface area contributed by atoms with Crippen LogP contribution in [-0.4, -0.2) is 15.7 Å². The molecule has 1 aromatic carbocycles. The Balaban J connectivity index is 2.09. The fourth-order valence-corrected chi connectivity index (χ4v) is 2.66. The summed E-state index contributed by atoms with van der Waals surface area (Å²) in [5.74, 6) is -1.62. The molecule has 4 nitrogen and oxygen atoms in total. The minimum Gasteiger partial charge on any atom is -0.311 e. The summed E-state index contributed by atoms with van der Waals surface area (Å²) in [6.07, 6.45) is 1.88. The Hall–Kier alpha value is -2.24. The van der Waals surface area contributed by atoms with E-state index in [0.29, 0.717) is 11.4 Å². The van der Waals surface area contributed by atoms with Gasteiger partial charge in [-0.1, -0.05) is 6.07 Å². The van der Waals surface area contributed by atoms with Crippen LogP contribution in [-0.2, 0) is 4.79 Å². The maximum absolute atomic E-state index is 13.4. The molecule has 0 saturated heterocycles. The molecule has 1 aliphatic heterocycles.